The number of carbonyl (C=O) groups is 2. The van der Waals surface area contributed by atoms with Crippen LogP contribution in [0.4, 0.5) is 32.3 Å². The van der Waals surface area contributed by atoms with Crippen molar-refractivity contribution in [3.63, 3.8) is 0 Å². The highest BCUT2D eigenvalue weighted by atomic mass is 32.2. The van der Waals surface area contributed by atoms with E-state index < -0.39 is 16.6 Å². The van der Waals surface area contributed by atoms with Crippen LogP contribution in [0.25, 0.3) is 27.8 Å². The van der Waals surface area contributed by atoms with Gasteiger partial charge in [-0.2, -0.15) is 19.7 Å². The van der Waals surface area contributed by atoms with E-state index >= 15 is 4.39 Å². The van der Waals surface area contributed by atoms with Crippen LogP contribution < -0.4 is 25.2 Å². The lowest BCUT2D eigenvalue weighted by Crippen LogP contribution is -2.51. The minimum Gasteiger partial charge on any atom is -0.485 e. The summed E-state index contributed by atoms with van der Waals surface area (Å²) in [7, 11) is 1.77. The summed E-state index contributed by atoms with van der Waals surface area (Å²) in [5.41, 5.74) is 4.73. The van der Waals surface area contributed by atoms with Crippen LogP contribution in [-0.2, 0) is 29.2 Å². The average molecular weight is 848 g/mol. The summed E-state index contributed by atoms with van der Waals surface area (Å²) in [6.45, 7) is 9.26. The molecule has 4 aromatic heterocycles. The third-order valence-electron chi connectivity index (χ3n) is 10.4. The number of H-pyrrole nitrogens is 1. The summed E-state index contributed by atoms with van der Waals surface area (Å²) < 4.78 is 38.7. The van der Waals surface area contributed by atoms with Gasteiger partial charge in [-0.05, 0) is 74.9 Å². The molecule has 0 spiro atoms. The summed E-state index contributed by atoms with van der Waals surface area (Å²) in [5.74, 6) is 0.458. The van der Waals surface area contributed by atoms with Crippen LogP contribution in [-0.4, -0.2) is 106 Å². The Morgan fingerprint density at radius 3 is 2.69 bits per heavy atom. The van der Waals surface area contributed by atoms with Crippen molar-refractivity contribution in [3.8, 4) is 17.0 Å². The number of halogens is 1. The number of aromatic nitrogens is 8. The van der Waals surface area contributed by atoms with Gasteiger partial charge in [0.2, 0.25) is 11.6 Å². The number of hydrogen-bond donors (Lipinski definition) is 3. The number of hydrogen-bond acceptors (Lipinski definition) is 12. The Labute approximate surface area is 353 Å². The maximum atomic E-state index is 15.6. The molecule has 17 nitrogen and oxygen atoms in total. The first kappa shape index (κ1) is 41.0. The van der Waals surface area contributed by atoms with E-state index in [1.54, 1.807) is 36.3 Å². The molecule has 1 saturated heterocycles. The molecule has 2 unspecified atom stereocenters. The van der Waals surface area contributed by atoms with Crippen molar-refractivity contribution in [1.29, 1.82) is 0 Å². The normalized spacial score (nSPS) is 15.1. The maximum absolute atomic E-state index is 15.6. The molecule has 0 saturated carbocycles. The second kappa shape index (κ2) is 17.5. The largest absolute Gasteiger partial charge is 0.485 e. The molecule has 1 aliphatic heterocycles. The number of ether oxygens (including phenoxy) is 1. The smallest absolute Gasteiger partial charge is 0.322 e. The van der Waals surface area contributed by atoms with Crippen LogP contribution in [0.15, 0.2) is 89.2 Å². The zero-order valence-electron chi connectivity index (χ0n) is 34.4. The first-order valence-electron chi connectivity index (χ1n) is 19.9. The van der Waals surface area contributed by atoms with E-state index in [2.05, 4.69) is 69.9 Å². The molecular formula is C42H46FN13O4S. The first-order chi connectivity index (χ1) is 29.5. The van der Waals surface area contributed by atoms with Crippen molar-refractivity contribution >= 4 is 62.8 Å². The van der Waals surface area contributed by atoms with Gasteiger partial charge in [0.1, 0.15) is 24.1 Å². The lowest BCUT2D eigenvalue weighted by Gasteiger charge is -2.41. The number of aldehydes is 1. The molecular weight excluding hydrogens is 802 g/mol. The predicted octanol–water partition coefficient (Wildman–Crippen LogP) is 5.68. The van der Waals surface area contributed by atoms with Crippen molar-refractivity contribution in [2.45, 2.75) is 55.7 Å². The molecule has 0 bridgehead atoms. The number of aryl methyl sites for hydroxylation is 1. The fraction of sp³-hybridized carbons (Fsp3) is 0.310. The third kappa shape index (κ3) is 8.51. The summed E-state index contributed by atoms with van der Waals surface area (Å²) in [6, 6.07) is 18.0. The second-order valence-corrected chi connectivity index (χ2v) is 16.5. The van der Waals surface area contributed by atoms with E-state index in [0.717, 1.165) is 53.6 Å². The summed E-state index contributed by atoms with van der Waals surface area (Å²) >= 11 is 0. The monoisotopic (exact) mass is 847 g/mol. The Balaban J connectivity index is 0.922. The zero-order valence-corrected chi connectivity index (χ0v) is 35.2. The van der Waals surface area contributed by atoms with Crippen LogP contribution in [0.1, 0.15) is 32.8 Å². The van der Waals surface area contributed by atoms with Crippen LogP contribution in [0.2, 0.25) is 0 Å². The SMILES string of the molecule is CNC(=O)N(CCC=O)c1nn(C)c2cc(N3CCN(Cc4cccc(S(=O)c5ccc(Nc6nc7c(OC(C)C)c(-c8cn[nH]c8)ncn7n6)c(F)c5)c4)CC3C)ccc12. The Morgan fingerprint density at radius 2 is 1.95 bits per heavy atom. The number of rotatable bonds is 14. The number of fused-ring (bicyclic) bond motifs is 2. The van der Waals surface area contributed by atoms with Gasteiger partial charge in [-0.1, -0.05) is 12.1 Å². The molecule has 3 aromatic carbocycles. The Hall–Kier alpha value is -6.73. The number of aromatic amines is 1. The molecule has 1 aliphatic rings. The van der Waals surface area contributed by atoms with Crippen molar-refractivity contribution in [2.75, 3.05) is 48.3 Å². The van der Waals surface area contributed by atoms with Gasteiger partial charge >= 0.3 is 6.03 Å². The van der Waals surface area contributed by atoms with Gasteiger partial charge in [-0.15, -0.1) is 5.10 Å². The molecule has 5 heterocycles. The number of nitrogens with zero attached hydrogens (tertiary/aromatic N) is 10. The summed E-state index contributed by atoms with van der Waals surface area (Å²) in [4.78, 5) is 40.0. The molecule has 1 fully saturated rings. The molecule has 8 rings (SSSR count). The van der Waals surface area contributed by atoms with Gasteiger partial charge in [0.25, 0.3) is 0 Å². The van der Waals surface area contributed by atoms with Crippen LogP contribution in [0.3, 0.4) is 0 Å². The number of urea groups is 1. The van der Waals surface area contributed by atoms with E-state index in [-0.39, 0.29) is 42.8 Å². The molecule has 7 aromatic rings. The van der Waals surface area contributed by atoms with Crippen molar-refractivity contribution in [1.82, 2.24) is 49.8 Å². The summed E-state index contributed by atoms with van der Waals surface area (Å²) in [5, 5.41) is 22.3. The van der Waals surface area contributed by atoms with Gasteiger partial charge in [0.15, 0.2) is 11.6 Å². The molecule has 2 atom stereocenters. The lowest BCUT2D eigenvalue weighted by molar-refractivity contribution is -0.107. The first-order valence-corrected chi connectivity index (χ1v) is 21.0. The Morgan fingerprint density at radius 1 is 1.11 bits per heavy atom. The Kier molecular flexibility index (Phi) is 11.7. The number of piperazine rings is 1. The average Bonchev–Trinajstić information content (AvgIpc) is 4.01. The molecule has 316 valence electrons. The van der Waals surface area contributed by atoms with E-state index in [1.807, 2.05) is 45.2 Å². The number of nitrogens with one attached hydrogen (secondary N) is 3. The fourth-order valence-corrected chi connectivity index (χ4v) is 8.73. The van der Waals surface area contributed by atoms with E-state index in [4.69, 9.17) is 4.74 Å². The number of carbonyl (C=O) groups excluding carboxylic acids is 2. The van der Waals surface area contributed by atoms with Gasteiger partial charge in [0.05, 0.1) is 34.3 Å². The zero-order chi connectivity index (χ0) is 42.8. The Bertz CT molecular complexity index is 2740. The van der Waals surface area contributed by atoms with Crippen LogP contribution in [0, 0.1) is 5.82 Å². The molecule has 61 heavy (non-hydrogen) atoms. The van der Waals surface area contributed by atoms with E-state index in [1.165, 1.54) is 27.9 Å². The highest BCUT2D eigenvalue weighted by Crippen LogP contribution is 2.34. The standard InChI is InChI=1S/C42H46FN13O4S/c1-26(2)60-38-37(29-21-46-47-22-29)45-25-56-40(38)49-41(51-56)48-35-13-11-32(20-34(35)43)61(59)31-9-6-8-28(18-31)24-53-15-16-54(27(3)23-53)30-10-12-33-36(19-30)52(5)50-39(33)55(14-7-17-57)42(58)44-4/h6,8-13,17-22,25-27H,7,14-16,23-24H2,1-5H3,(H,44,58)(H,46,47)(H,48,51). The van der Waals surface area contributed by atoms with Crippen molar-refractivity contribution < 1.29 is 22.9 Å². The molecule has 3 N–H and O–H groups in total. The number of anilines is 4. The van der Waals surface area contributed by atoms with Crippen molar-refractivity contribution in [3.05, 3.63) is 90.8 Å². The maximum Gasteiger partial charge on any atom is 0.322 e. The number of amides is 2. The molecule has 0 radical (unpaired) electrons. The molecule has 19 heteroatoms. The van der Waals surface area contributed by atoms with Gasteiger partial charge in [-0.3, -0.25) is 19.6 Å². The quantitative estimate of drug-likeness (QED) is 0.114. The van der Waals surface area contributed by atoms with Crippen LogP contribution >= 0.6 is 0 Å². The minimum atomic E-state index is -1.64. The van der Waals surface area contributed by atoms with E-state index in [0.29, 0.717) is 39.2 Å². The van der Waals surface area contributed by atoms with Crippen molar-refractivity contribution in [2.24, 2.45) is 7.05 Å². The fourth-order valence-electron chi connectivity index (χ4n) is 7.59. The topological polar surface area (TPSA) is 184 Å². The summed E-state index contributed by atoms with van der Waals surface area (Å²) in [6.07, 6.45) is 5.67. The molecule has 0 aliphatic carbocycles. The van der Waals surface area contributed by atoms with Gasteiger partial charge in [-0.25, -0.2) is 18.4 Å². The predicted molar refractivity (Wildman–Crippen MR) is 230 cm³/mol. The molecule has 2 amide bonds. The van der Waals surface area contributed by atoms with Gasteiger partial charge in [0, 0.05) is 91.9 Å². The highest BCUT2D eigenvalue weighted by Gasteiger charge is 2.27. The van der Waals surface area contributed by atoms with Gasteiger partial charge < -0.3 is 25.1 Å². The highest BCUT2D eigenvalue weighted by molar-refractivity contribution is 7.85. The minimum absolute atomic E-state index is 0.122. The van der Waals surface area contributed by atoms with E-state index in [9.17, 15) is 13.8 Å². The lowest BCUT2D eigenvalue weighted by atomic mass is 10.1. The van der Waals surface area contributed by atoms with Crippen LogP contribution in [0.5, 0.6) is 5.75 Å². The number of benzene rings is 3. The second-order valence-electron chi connectivity index (χ2n) is 15.1. The third-order valence-corrected chi connectivity index (χ3v) is 11.8.